The third kappa shape index (κ3) is 2.53. The molecule has 1 aromatic rings. The Kier molecular flexibility index (Phi) is 3.54. The third-order valence-corrected chi connectivity index (χ3v) is 3.70. The molecule has 96 valence electrons. The highest BCUT2D eigenvalue weighted by Crippen LogP contribution is 2.26. The predicted octanol–water partition coefficient (Wildman–Crippen LogP) is 1.67. The van der Waals surface area contributed by atoms with E-state index in [4.69, 9.17) is 0 Å². The number of H-pyrrole nitrogens is 1. The maximum absolute atomic E-state index is 4.57. The van der Waals surface area contributed by atoms with Crippen LogP contribution in [0.25, 0.3) is 0 Å². The van der Waals surface area contributed by atoms with Crippen LogP contribution < -0.4 is 5.32 Å². The smallest absolute Gasteiger partial charge is 0.126 e. The van der Waals surface area contributed by atoms with E-state index in [1.807, 2.05) is 6.20 Å². The van der Waals surface area contributed by atoms with Crippen LogP contribution in [0.2, 0.25) is 0 Å². The summed E-state index contributed by atoms with van der Waals surface area (Å²) in [6.07, 6.45) is 1.98. The molecule has 0 saturated carbocycles. The topological polar surface area (TPSA) is 44.0 Å². The van der Waals surface area contributed by atoms with Crippen LogP contribution in [0.5, 0.6) is 0 Å². The average molecular weight is 236 g/mol. The molecule has 1 aromatic heterocycles. The van der Waals surface area contributed by atoms with Gasteiger partial charge in [-0.2, -0.15) is 0 Å². The van der Waals surface area contributed by atoms with Crippen molar-refractivity contribution in [2.75, 3.05) is 26.2 Å². The standard InChI is InChI=1S/C13H24N4/c1-10(2)11-9-15-12(16-11)13(3,4)17-7-5-14-6-8-17/h9-10,14H,5-8H2,1-4H3,(H,15,16). The molecular formula is C13H24N4. The fourth-order valence-electron chi connectivity index (χ4n) is 2.31. The van der Waals surface area contributed by atoms with E-state index in [1.165, 1.54) is 5.69 Å². The summed E-state index contributed by atoms with van der Waals surface area (Å²) in [4.78, 5) is 10.5. The van der Waals surface area contributed by atoms with E-state index in [1.54, 1.807) is 0 Å². The molecule has 1 fully saturated rings. The zero-order chi connectivity index (χ0) is 12.5. The number of nitrogens with one attached hydrogen (secondary N) is 2. The third-order valence-electron chi connectivity index (χ3n) is 3.70. The predicted molar refractivity (Wildman–Crippen MR) is 70.1 cm³/mol. The van der Waals surface area contributed by atoms with Gasteiger partial charge in [0.1, 0.15) is 5.82 Å². The van der Waals surface area contributed by atoms with Gasteiger partial charge in [-0.1, -0.05) is 13.8 Å². The molecule has 0 bridgehead atoms. The number of rotatable bonds is 3. The number of aromatic nitrogens is 2. The first kappa shape index (κ1) is 12.6. The summed E-state index contributed by atoms with van der Waals surface area (Å²) in [6, 6.07) is 0. The Morgan fingerprint density at radius 3 is 2.47 bits per heavy atom. The monoisotopic (exact) mass is 236 g/mol. The van der Waals surface area contributed by atoms with Gasteiger partial charge in [0, 0.05) is 38.1 Å². The summed E-state index contributed by atoms with van der Waals surface area (Å²) >= 11 is 0. The molecule has 0 spiro atoms. The van der Waals surface area contributed by atoms with Crippen molar-refractivity contribution in [1.82, 2.24) is 20.2 Å². The number of aromatic amines is 1. The molecular weight excluding hydrogens is 212 g/mol. The van der Waals surface area contributed by atoms with Gasteiger partial charge in [-0.15, -0.1) is 0 Å². The van der Waals surface area contributed by atoms with Crippen LogP contribution in [0.1, 0.15) is 45.1 Å². The molecule has 0 aromatic carbocycles. The Morgan fingerprint density at radius 1 is 1.29 bits per heavy atom. The van der Waals surface area contributed by atoms with Crippen LogP contribution in [0.15, 0.2) is 6.20 Å². The van der Waals surface area contributed by atoms with Crippen molar-refractivity contribution in [1.29, 1.82) is 0 Å². The van der Waals surface area contributed by atoms with E-state index >= 15 is 0 Å². The molecule has 1 aliphatic heterocycles. The van der Waals surface area contributed by atoms with Gasteiger partial charge in [-0.25, -0.2) is 4.98 Å². The Morgan fingerprint density at radius 2 is 1.94 bits per heavy atom. The van der Waals surface area contributed by atoms with Crippen molar-refractivity contribution < 1.29 is 0 Å². The minimum Gasteiger partial charge on any atom is -0.344 e. The van der Waals surface area contributed by atoms with Gasteiger partial charge in [0.15, 0.2) is 0 Å². The maximum Gasteiger partial charge on any atom is 0.126 e. The summed E-state index contributed by atoms with van der Waals surface area (Å²) in [7, 11) is 0. The Hall–Kier alpha value is -0.870. The molecule has 2 heterocycles. The lowest BCUT2D eigenvalue weighted by molar-refractivity contribution is 0.0954. The highest BCUT2D eigenvalue weighted by molar-refractivity contribution is 5.12. The lowest BCUT2D eigenvalue weighted by Gasteiger charge is -2.39. The summed E-state index contributed by atoms with van der Waals surface area (Å²) in [5.74, 6) is 1.60. The SMILES string of the molecule is CC(C)c1cnc(C(C)(C)N2CCNCC2)[nH]1. The minimum atomic E-state index is -0.00472. The van der Waals surface area contributed by atoms with Crippen LogP contribution in [-0.2, 0) is 5.54 Å². The first-order chi connectivity index (χ1) is 8.01. The van der Waals surface area contributed by atoms with Crippen molar-refractivity contribution in [3.05, 3.63) is 17.7 Å². The quantitative estimate of drug-likeness (QED) is 0.839. The highest BCUT2D eigenvalue weighted by atomic mass is 15.3. The van der Waals surface area contributed by atoms with Gasteiger partial charge in [0.25, 0.3) is 0 Å². The molecule has 17 heavy (non-hydrogen) atoms. The molecule has 4 heteroatoms. The van der Waals surface area contributed by atoms with Crippen molar-refractivity contribution in [2.24, 2.45) is 0 Å². The number of nitrogens with zero attached hydrogens (tertiary/aromatic N) is 2. The zero-order valence-electron chi connectivity index (χ0n) is 11.4. The van der Waals surface area contributed by atoms with Crippen molar-refractivity contribution >= 4 is 0 Å². The lowest BCUT2D eigenvalue weighted by atomic mass is 10.0. The molecule has 0 atom stereocenters. The van der Waals surface area contributed by atoms with Crippen LogP contribution in [0, 0.1) is 0 Å². The lowest BCUT2D eigenvalue weighted by Crippen LogP contribution is -2.52. The van der Waals surface area contributed by atoms with E-state index in [0.29, 0.717) is 5.92 Å². The second-order valence-corrected chi connectivity index (χ2v) is 5.64. The molecule has 0 unspecified atom stereocenters. The molecule has 0 aliphatic carbocycles. The van der Waals surface area contributed by atoms with Crippen LogP contribution in [0.3, 0.4) is 0 Å². The zero-order valence-corrected chi connectivity index (χ0v) is 11.4. The van der Waals surface area contributed by atoms with Gasteiger partial charge in [0.05, 0.1) is 5.54 Å². The largest absolute Gasteiger partial charge is 0.344 e. The molecule has 2 rings (SSSR count). The maximum atomic E-state index is 4.57. The second-order valence-electron chi connectivity index (χ2n) is 5.64. The molecule has 2 N–H and O–H groups in total. The van der Waals surface area contributed by atoms with E-state index in [9.17, 15) is 0 Å². The van der Waals surface area contributed by atoms with Crippen molar-refractivity contribution in [2.45, 2.75) is 39.2 Å². The van der Waals surface area contributed by atoms with Gasteiger partial charge >= 0.3 is 0 Å². The van der Waals surface area contributed by atoms with E-state index in [2.05, 4.69) is 47.9 Å². The highest BCUT2D eigenvalue weighted by Gasteiger charge is 2.32. The van der Waals surface area contributed by atoms with Crippen LogP contribution in [0.4, 0.5) is 0 Å². The Labute approximate surface area is 104 Å². The molecule has 4 nitrogen and oxygen atoms in total. The normalized spacial score (nSPS) is 18.9. The number of imidazole rings is 1. The molecule has 1 saturated heterocycles. The Balaban J connectivity index is 2.17. The van der Waals surface area contributed by atoms with Crippen molar-refractivity contribution in [3.8, 4) is 0 Å². The fraction of sp³-hybridized carbons (Fsp3) is 0.769. The van der Waals surface area contributed by atoms with Gasteiger partial charge in [-0.05, 0) is 19.8 Å². The summed E-state index contributed by atoms with van der Waals surface area (Å²) in [5, 5.41) is 3.39. The van der Waals surface area contributed by atoms with Crippen molar-refractivity contribution in [3.63, 3.8) is 0 Å². The van der Waals surface area contributed by atoms with E-state index in [-0.39, 0.29) is 5.54 Å². The summed E-state index contributed by atoms with van der Waals surface area (Å²) in [6.45, 7) is 13.2. The second kappa shape index (κ2) is 4.78. The van der Waals surface area contributed by atoms with Gasteiger partial charge in [-0.3, -0.25) is 4.90 Å². The van der Waals surface area contributed by atoms with Crippen LogP contribution >= 0.6 is 0 Å². The van der Waals surface area contributed by atoms with E-state index < -0.39 is 0 Å². The summed E-state index contributed by atoms with van der Waals surface area (Å²) < 4.78 is 0. The van der Waals surface area contributed by atoms with Crippen LogP contribution in [-0.4, -0.2) is 41.0 Å². The fourth-order valence-corrected chi connectivity index (χ4v) is 2.31. The number of hydrogen-bond acceptors (Lipinski definition) is 3. The van der Waals surface area contributed by atoms with Gasteiger partial charge < -0.3 is 10.3 Å². The summed E-state index contributed by atoms with van der Waals surface area (Å²) in [5.41, 5.74) is 1.22. The Bertz CT molecular complexity index is 361. The number of piperazine rings is 1. The first-order valence-corrected chi connectivity index (χ1v) is 6.53. The molecule has 0 radical (unpaired) electrons. The molecule has 1 aliphatic rings. The first-order valence-electron chi connectivity index (χ1n) is 6.53. The van der Waals surface area contributed by atoms with Gasteiger partial charge in [0.2, 0.25) is 0 Å². The van der Waals surface area contributed by atoms with E-state index in [0.717, 1.165) is 32.0 Å². The minimum absolute atomic E-state index is 0.00472. The molecule has 0 amide bonds. The average Bonchev–Trinajstić information content (AvgIpc) is 2.80. The number of hydrogen-bond donors (Lipinski definition) is 2.